The van der Waals surface area contributed by atoms with Crippen LogP contribution in [-0.4, -0.2) is 27.9 Å². The lowest BCUT2D eigenvalue weighted by atomic mass is 10.1. The van der Waals surface area contributed by atoms with E-state index in [9.17, 15) is 0 Å². The first kappa shape index (κ1) is 21.2. The predicted molar refractivity (Wildman–Crippen MR) is 125 cm³/mol. The second-order valence-electron chi connectivity index (χ2n) is 7.06. The summed E-state index contributed by atoms with van der Waals surface area (Å²) < 4.78 is 7.24. The lowest BCUT2D eigenvalue weighted by Crippen LogP contribution is -2.02. The number of aromatic nitrogens is 3. The molecule has 0 N–H and O–H groups in total. The molecule has 0 fully saturated rings. The molecule has 2 heterocycles. The van der Waals surface area contributed by atoms with Crippen molar-refractivity contribution >= 4 is 28.1 Å². The molecule has 4 rings (SSSR count). The summed E-state index contributed by atoms with van der Waals surface area (Å²) >= 11 is 7.56. The third-order valence-electron chi connectivity index (χ3n) is 4.79. The molecule has 0 spiro atoms. The van der Waals surface area contributed by atoms with Gasteiger partial charge >= 0.3 is 0 Å². The molecule has 0 saturated carbocycles. The van der Waals surface area contributed by atoms with Crippen molar-refractivity contribution in [3.05, 3.63) is 76.9 Å². The normalized spacial score (nSPS) is 12.4. The molecule has 1 atom stereocenters. The molecule has 0 aliphatic heterocycles. The van der Waals surface area contributed by atoms with Gasteiger partial charge in [0.1, 0.15) is 5.75 Å². The molecule has 0 bridgehead atoms. The number of ether oxygens (including phenoxy) is 1. The smallest absolute Gasteiger partial charge is 0.229 e. The maximum atomic E-state index is 6.09. The summed E-state index contributed by atoms with van der Waals surface area (Å²) in [4.78, 5) is 4.13. The zero-order chi connectivity index (χ0) is 21.6. The molecule has 0 saturated heterocycles. The van der Waals surface area contributed by atoms with E-state index in [1.54, 1.807) is 13.3 Å². The fraction of sp³-hybridized carbons (Fsp3) is 0.217. The Kier molecular flexibility index (Phi) is 6.74. The van der Waals surface area contributed by atoms with Crippen molar-refractivity contribution < 1.29 is 4.74 Å². The van der Waals surface area contributed by atoms with E-state index in [2.05, 4.69) is 28.2 Å². The second-order valence-corrected chi connectivity index (χ2v) is 8.36. The summed E-state index contributed by atoms with van der Waals surface area (Å²) in [6, 6.07) is 17.9. The molecular formula is C23H22ClN5OS. The number of methoxy groups -OCH3 is 1. The Morgan fingerprint density at radius 3 is 2.58 bits per heavy atom. The molecule has 4 aromatic rings. The van der Waals surface area contributed by atoms with Gasteiger partial charge in [0.15, 0.2) is 0 Å². The molecule has 158 valence electrons. The highest BCUT2D eigenvalue weighted by Crippen LogP contribution is 2.27. The summed E-state index contributed by atoms with van der Waals surface area (Å²) in [5.74, 6) is 0.809. The van der Waals surface area contributed by atoms with Crippen LogP contribution in [0.1, 0.15) is 19.0 Å². The van der Waals surface area contributed by atoms with E-state index in [4.69, 9.17) is 21.4 Å². The Labute approximate surface area is 190 Å². The maximum Gasteiger partial charge on any atom is 0.229 e. The lowest BCUT2D eigenvalue weighted by Gasteiger charge is -2.08. The summed E-state index contributed by atoms with van der Waals surface area (Å²) in [6.07, 6.45) is 3.37. The van der Waals surface area contributed by atoms with Crippen molar-refractivity contribution in [3.63, 3.8) is 0 Å². The van der Waals surface area contributed by atoms with E-state index in [-0.39, 0.29) is 6.04 Å². The zero-order valence-corrected chi connectivity index (χ0v) is 18.8. The first-order valence-electron chi connectivity index (χ1n) is 9.92. The van der Waals surface area contributed by atoms with Gasteiger partial charge in [0, 0.05) is 22.2 Å². The van der Waals surface area contributed by atoms with Gasteiger partial charge in [0.2, 0.25) is 5.13 Å². The van der Waals surface area contributed by atoms with Crippen molar-refractivity contribution in [2.75, 3.05) is 7.11 Å². The first-order valence-corrected chi connectivity index (χ1v) is 11.2. The van der Waals surface area contributed by atoms with Crippen LogP contribution in [0.2, 0.25) is 5.02 Å². The molecular weight excluding hydrogens is 430 g/mol. The van der Waals surface area contributed by atoms with Gasteiger partial charge in [0.05, 0.1) is 30.2 Å². The number of rotatable bonds is 8. The van der Waals surface area contributed by atoms with Crippen molar-refractivity contribution in [1.29, 1.82) is 0 Å². The molecule has 8 heteroatoms. The Morgan fingerprint density at radius 1 is 1.13 bits per heavy atom. The van der Waals surface area contributed by atoms with E-state index in [0.717, 1.165) is 41.2 Å². The van der Waals surface area contributed by atoms with E-state index >= 15 is 0 Å². The van der Waals surface area contributed by atoms with Gasteiger partial charge in [-0.25, -0.2) is 9.67 Å². The average molecular weight is 452 g/mol. The van der Waals surface area contributed by atoms with Gasteiger partial charge in [-0.05, 0) is 62.2 Å². The third kappa shape index (κ3) is 5.37. The maximum absolute atomic E-state index is 6.09. The minimum absolute atomic E-state index is 0.0778. The molecule has 2 aromatic carbocycles. The van der Waals surface area contributed by atoms with Crippen LogP contribution in [-0.2, 0) is 6.42 Å². The topological polar surface area (TPSA) is 64.7 Å². The van der Waals surface area contributed by atoms with E-state index < -0.39 is 0 Å². The molecule has 2 aromatic heterocycles. The highest BCUT2D eigenvalue weighted by atomic mass is 35.5. The van der Waals surface area contributed by atoms with E-state index in [1.165, 1.54) is 11.3 Å². The van der Waals surface area contributed by atoms with Crippen molar-refractivity contribution in [1.82, 2.24) is 14.8 Å². The fourth-order valence-electron chi connectivity index (χ4n) is 3.13. The summed E-state index contributed by atoms with van der Waals surface area (Å²) in [7, 11) is 1.66. The minimum Gasteiger partial charge on any atom is -0.497 e. The monoisotopic (exact) mass is 451 g/mol. The van der Waals surface area contributed by atoms with Crippen LogP contribution in [0.15, 0.2) is 76.4 Å². The van der Waals surface area contributed by atoms with Crippen LogP contribution >= 0.6 is 22.9 Å². The molecule has 6 nitrogen and oxygen atoms in total. The Morgan fingerprint density at radius 2 is 1.90 bits per heavy atom. The Balaban J connectivity index is 1.57. The van der Waals surface area contributed by atoms with Crippen LogP contribution < -0.4 is 4.74 Å². The Bertz CT molecular complexity index is 1140. The minimum atomic E-state index is 0.0778. The molecule has 0 amide bonds. The number of thiazole rings is 1. The molecule has 1 unspecified atom stereocenters. The number of hydrogen-bond donors (Lipinski definition) is 0. The van der Waals surface area contributed by atoms with Gasteiger partial charge in [-0.3, -0.25) is 0 Å². The van der Waals surface area contributed by atoms with E-state index in [1.807, 2.05) is 58.6 Å². The SMILES string of the molecule is COc1ccc(-n2nc(CCC(C)N=Nc3nccs3)cc2-c2ccc(Cl)cc2)cc1. The Hall–Kier alpha value is -3.03. The highest BCUT2D eigenvalue weighted by molar-refractivity contribution is 7.13. The average Bonchev–Trinajstić information content (AvgIpc) is 3.47. The number of halogens is 1. The van der Waals surface area contributed by atoms with Crippen molar-refractivity contribution in [2.24, 2.45) is 10.2 Å². The van der Waals surface area contributed by atoms with Gasteiger partial charge in [-0.1, -0.05) is 23.7 Å². The number of nitrogens with zero attached hydrogens (tertiary/aromatic N) is 5. The van der Waals surface area contributed by atoms with Crippen molar-refractivity contribution in [2.45, 2.75) is 25.8 Å². The van der Waals surface area contributed by atoms with Crippen LogP contribution in [0.25, 0.3) is 16.9 Å². The van der Waals surface area contributed by atoms with Gasteiger partial charge in [-0.15, -0.1) is 16.5 Å². The number of benzene rings is 2. The number of hydrogen-bond acceptors (Lipinski definition) is 6. The summed E-state index contributed by atoms with van der Waals surface area (Å²) in [5, 5.41) is 16.7. The molecule has 0 aliphatic rings. The molecule has 0 aliphatic carbocycles. The van der Waals surface area contributed by atoms with E-state index in [0.29, 0.717) is 10.2 Å². The quantitative estimate of drug-likeness (QED) is 0.278. The fourth-order valence-corrected chi connectivity index (χ4v) is 3.71. The van der Waals surface area contributed by atoms with Gasteiger partial charge in [-0.2, -0.15) is 10.2 Å². The molecule has 0 radical (unpaired) electrons. The zero-order valence-electron chi connectivity index (χ0n) is 17.3. The van der Waals surface area contributed by atoms with Gasteiger partial charge in [0.25, 0.3) is 0 Å². The summed E-state index contributed by atoms with van der Waals surface area (Å²) in [6.45, 7) is 2.05. The first-order chi connectivity index (χ1) is 15.1. The largest absolute Gasteiger partial charge is 0.497 e. The van der Waals surface area contributed by atoms with Crippen LogP contribution in [0.5, 0.6) is 5.75 Å². The van der Waals surface area contributed by atoms with Crippen LogP contribution in [0.3, 0.4) is 0 Å². The standard InChI is InChI=1S/C23H22ClN5OS/c1-16(26-27-23-25-13-14-31-23)3-8-19-15-22(17-4-6-18(24)7-5-17)29(28-19)20-9-11-21(30-2)12-10-20/h4-7,9-16H,3,8H2,1-2H3. The molecule has 31 heavy (non-hydrogen) atoms. The van der Waals surface area contributed by atoms with Crippen LogP contribution in [0, 0.1) is 0 Å². The van der Waals surface area contributed by atoms with Crippen LogP contribution in [0.4, 0.5) is 5.13 Å². The lowest BCUT2D eigenvalue weighted by molar-refractivity contribution is 0.414. The van der Waals surface area contributed by atoms with Crippen molar-refractivity contribution in [3.8, 4) is 22.7 Å². The highest BCUT2D eigenvalue weighted by Gasteiger charge is 2.13. The number of azo groups is 1. The number of aryl methyl sites for hydroxylation is 1. The summed E-state index contributed by atoms with van der Waals surface area (Å²) in [5.41, 5.74) is 4.02. The third-order valence-corrected chi connectivity index (χ3v) is 5.70. The van der Waals surface area contributed by atoms with Gasteiger partial charge < -0.3 is 4.74 Å². The second kappa shape index (κ2) is 9.85. The predicted octanol–water partition coefficient (Wildman–Crippen LogP) is 6.76.